The number of hydrogen-bond donors (Lipinski definition) is 1. The van der Waals surface area contributed by atoms with Gasteiger partial charge in [0.1, 0.15) is 11.6 Å². The number of anilines is 1. The average Bonchev–Trinajstić information content (AvgIpc) is 3.43. The topological polar surface area (TPSA) is 79.0 Å². The zero-order chi connectivity index (χ0) is 31.4. The highest BCUT2D eigenvalue weighted by molar-refractivity contribution is 9.10. The number of amides is 3. The second kappa shape index (κ2) is 13.8. The number of carbonyl (C=O) groups is 3. The van der Waals surface area contributed by atoms with Crippen molar-refractivity contribution in [3.63, 3.8) is 0 Å². The van der Waals surface area contributed by atoms with E-state index in [1.54, 1.807) is 9.80 Å². The van der Waals surface area contributed by atoms with E-state index >= 15 is 0 Å². The molecule has 3 amide bonds. The third-order valence-electron chi connectivity index (χ3n) is 8.77. The maximum Gasteiger partial charge on any atom is 0.246 e. The van der Waals surface area contributed by atoms with Crippen LogP contribution in [0.25, 0.3) is 0 Å². The minimum Gasteiger partial charge on any atom is -0.359 e. The van der Waals surface area contributed by atoms with E-state index in [4.69, 9.17) is 4.74 Å². The third-order valence-corrected chi connectivity index (χ3v) is 9.86. The number of benzene rings is 3. The van der Waals surface area contributed by atoms with Crippen LogP contribution in [0.15, 0.2) is 114 Å². The highest BCUT2D eigenvalue weighted by Crippen LogP contribution is 2.53. The summed E-state index contributed by atoms with van der Waals surface area (Å²) in [6.45, 7) is 0.888. The maximum atomic E-state index is 14.7. The number of allylic oxidation sites excluding steroid dienone is 1. The van der Waals surface area contributed by atoms with E-state index in [2.05, 4.69) is 37.2 Å². The van der Waals surface area contributed by atoms with Crippen LogP contribution in [0.4, 0.5) is 5.69 Å². The number of halogens is 2. The van der Waals surface area contributed by atoms with Gasteiger partial charge in [0.25, 0.3) is 0 Å². The molecule has 1 N–H and O–H groups in total. The van der Waals surface area contributed by atoms with E-state index < -0.39 is 29.6 Å². The molecule has 0 unspecified atom stereocenters. The zero-order valence-electron chi connectivity index (χ0n) is 24.7. The van der Waals surface area contributed by atoms with Gasteiger partial charge in [-0.3, -0.25) is 14.4 Å². The number of nitrogens with zero attached hydrogens (tertiary/aromatic N) is 2. The molecular formula is C36H35Br2N3O4. The molecule has 0 aromatic heterocycles. The number of hydrogen-bond acceptors (Lipinski definition) is 4. The predicted molar refractivity (Wildman–Crippen MR) is 181 cm³/mol. The van der Waals surface area contributed by atoms with Crippen molar-refractivity contribution in [1.29, 1.82) is 0 Å². The number of alkyl halides is 1. The summed E-state index contributed by atoms with van der Waals surface area (Å²) in [7, 11) is 0. The predicted octanol–water partition coefficient (Wildman–Crippen LogP) is 6.18. The van der Waals surface area contributed by atoms with Crippen molar-refractivity contribution in [2.75, 3.05) is 16.8 Å². The monoisotopic (exact) mass is 731 g/mol. The van der Waals surface area contributed by atoms with Gasteiger partial charge >= 0.3 is 0 Å². The van der Waals surface area contributed by atoms with Gasteiger partial charge in [0.2, 0.25) is 17.7 Å². The molecule has 9 heteroatoms. The number of ether oxygens (including phenoxy) is 1. The van der Waals surface area contributed by atoms with Crippen molar-refractivity contribution in [2.24, 2.45) is 11.8 Å². The first-order valence-electron chi connectivity index (χ1n) is 15.2. The van der Waals surface area contributed by atoms with Crippen molar-refractivity contribution in [2.45, 2.75) is 43.7 Å². The SMILES string of the molecule is O=C(NCc1ccccc1)[C@@H]1N(Cc2ccccc2)C(=O)[C@H]2[C@@H]3C(=O)N(c4ccc(Br)cc4)CC=C[C@@H]3O[C@@]12/C=C\CCCBr. The lowest BCUT2D eigenvalue weighted by atomic mass is 9.77. The van der Waals surface area contributed by atoms with Crippen LogP contribution in [0.1, 0.15) is 24.0 Å². The molecule has 2 saturated heterocycles. The van der Waals surface area contributed by atoms with Gasteiger partial charge in [0.15, 0.2) is 0 Å². The molecule has 45 heavy (non-hydrogen) atoms. The fraction of sp³-hybridized carbons (Fsp3) is 0.306. The van der Waals surface area contributed by atoms with Gasteiger partial charge in [-0.2, -0.15) is 0 Å². The zero-order valence-corrected chi connectivity index (χ0v) is 27.9. The Morgan fingerprint density at radius 2 is 1.64 bits per heavy atom. The van der Waals surface area contributed by atoms with Crippen LogP contribution in [-0.4, -0.2) is 52.2 Å². The van der Waals surface area contributed by atoms with Crippen LogP contribution < -0.4 is 10.2 Å². The third kappa shape index (κ3) is 6.30. The lowest BCUT2D eigenvalue weighted by Gasteiger charge is -2.34. The highest BCUT2D eigenvalue weighted by atomic mass is 79.9. The summed E-state index contributed by atoms with van der Waals surface area (Å²) >= 11 is 6.97. The van der Waals surface area contributed by atoms with Gasteiger partial charge in [0.05, 0.1) is 17.9 Å². The van der Waals surface area contributed by atoms with Crippen molar-refractivity contribution in [3.8, 4) is 0 Å². The lowest BCUT2D eigenvalue weighted by Crippen LogP contribution is -2.55. The number of rotatable bonds is 10. The fourth-order valence-corrected chi connectivity index (χ4v) is 7.31. The van der Waals surface area contributed by atoms with Crippen LogP contribution in [0.5, 0.6) is 0 Å². The van der Waals surface area contributed by atoms with Gasteiger partial charge in [-0.05, 0) is 48.2 Å². The molecule has 0 spiro atoms. The van der Waals surface area contributed by atoms with Crippen molar-refractivity contribution >= 4 is 55.3 Å². The molecule has 6 rings (SSSR count). The van der Waals surface area contributed by atoms with Crippen LogP contribution in [0, 0.1) is 11.8 Å². The molecule has 0 aliphatic carbocycles. The molecule has 3 aliphatic heterocycles. The molecule has 3 heterocycles. The number of unbranched alkanes of at least 4 members (excludes halogenated alkanes) is 1. The minimum atomic E-state index is -1.34. The Morgan fingerprint density at radius 1 is 0.956 bits per heavy atom. The minimum absolute atomic E-state index is 0.189. The molecular weight excluding hydrogens is 698 g/mol. The Hall–Kier alpha value is -3.53. The summed E-state index contributed by atoms with van der Waals surface area (Å²) in [5.41, 5.74) is 1.24. The Bertz CT molecular complexity index is 1580. The first kappa shape index (κ1) is 31.5. The smallest absolute Gasteiger partial charge is 0.246 e. The number of nitrogens with one attached hydrogen (secondary N) is 1. The van der Waals surface area contributed by atoms with E-state index in [-0.39, 0.29) is 24.3 Å². The summed E-state index contributed by atoms with van der Waals surface area (Å²) < 4.78 is 7.78. The first-order valence-corrected chi connectivity index (χ1v) is 17.2. The average molecular weight is 734 g/mol. The van der Waals surface area contributed by atoms with Crippen molar-refractivity contribution in [3.05, 3.63) is 125 Å². The van der Waals surface area contributed by atoms with Crippen LogP contribution in [-0.2, 0) is 32.2 Å². The molecule has 7 nitrogen and oxygen atoms in total. The quantitative estimate of drug-likeness (QED) is 0.154. The van der Waals surface area contributed by atoms with Crippen LogP contribution in [0.3, 0.4) is 0 Å². The van der Waals surface area contributed by atoms with Gasteiger partial charge < -0.3 is 19.9 Å². The van der Waals surface area contributed by atoms with E-state index in [0.29, 0.717) is 13.1 Å². The molecule has 2 fully saturated rings. The van der Waals surface area contributed by atoms with E-state index in [1.165, 1.54) is 0 Å². The van der Waals surface area contributed by atoms with Gasteiger partial charge in [-0.1, -0.05) is 117 Å². The number of fused-ring (bicyclic) bond motifs is 3. The molecule has 3 aromatic rings. The number of carbonyl (C=O) groups excluding carboxylic acids is 3. The fourth-order valence-electron chi connectivity index (χ4n) is 6.72. The normalized spacial score (nSPS) is 25.8. The molecule has 0 radical (unpaired) electrons. The number of likely N-dealkylation sites (tertiary alicyclic amines) is 1. The maximum absolute atomic E-state index is 14.7. The summed E-state index contributed by atoms with van der Waals surface area (Å²) in [5.74, 6) is -2.44. The van der Waals surface area contributed by atoms with E-state index in [9.17, 15) is 14.4 Å². The second-order valence-corrected chi connectivity index (χ2v) is 13.3. The van der Waals surface area contributed by atoms with Gasteiger partial charge in [-0.25, -0.2) is 0 Å². The Morgan fingerprint density at radius 3 is 2.33 bits per heavy atom. The van der Waals surface area contributed by atoms with Gasteiger partial charge in [0, 0.05) is 35.1 Å². The first-order chi connectivity index (χ1) is 21.9. The molecule has 232 valence electrons. The highest BCUT2D eigenvalue weighted by Gasteiger charge is 2.71. The van der Waals surface area contributed by atoms with Crippen LogP contribution in [0.2, 0.25) is 0 Å². The molecule has 0 bridgehead atoms. The van der Waals surface area contributed by atoms with Crippen LogP contribution >= 0.6 is 31.9 Å². The Balaban J connectivity index is 1.42. The summed E-state index contributed by atoms with van der Waals surface area (Å²) in [5, 5.41) is 3.91. The van der Waals surface area contributed by atoms with E-state index in [1.807, 2.05) is 109 Å². The largest absolute Gasteiger partial charge is 0.359 e. The summed E-state index contributed by atoms with van der Waals surface area (Å²) in [4.78, 5) is 46.8. The standard InChI is InChI=1S/C36H35Br2N3O4/c37-21-9-3-8-20-36-31(30-29(45-36)15-10-22-40(34(30)43)28-18-16-27(38)17-19-28)35(44)41(24-26-13-6-2-7-14-26)32(36)33(42)39-23-25-11-4-1-5-12-25/h1-2,4-8,10-20,29-32H,3,9,21-24H2,(H,39,42)/b20-8-/t29-,30+,31+,32-,36+/m0/s1. The Labute approximate surface area is 280 Å². The lowest BCUT2D eigenvalue weighted by molar-refractivity contribution is -0.142. The summed E-state index contributed by atoms with van der Waals surface area (Å²) in [6.07, 6.45) is 8.67. The summed E-state index contributed by atoms with van der Waals surface area (Å²) in [6, 6.07) is 25.9. The Kier molecular flexibility index (Phi) is 9.68. The van der Waals surface area contributed by atoms with Crippen molar-refractivity contribution in [1.82, 2.24) is 10.2 Å². The van der Waals surface area contributed by atoms with Crippen molar-refractivity contribution < 1.29 is 19.1 Å². The van der Waals surface area contributed by atoms with Gasteiger partial charge in [-0.15, -0.1) is 0 Å². The van der Waals surface area contributed by atoms with E-state index in [0.717, 1.165) is 39.5 Å². The molecule has 3 aromatic carbocycles. The molecule has 5 atom stereocenters. The molecule has 0 saturated carbocycles. The second-order valence-electron chi connectivity index (χ2n) is 11.6. The molecule has 3 aliphatic rings.